The number of fused-ring (bicyclic) bond motifs is 14. The van der Waals surface area contributed by atoms with Gasteiger partial charge in [-0.25, -0.2) is 5.53 Å². The van der Waals surface area contributed by atoms with Crippen molar-refractivity contribution in [2.75, 3.05) is 5.32 Å². The van der Waals surface area contributed by atoms with Gasteiger partial charge in [-0.15, -0.1) is 58.2 Å². The number of hydrogen-bond acceptors (Lipinski definition) is 22. The Morgan fingerprint density at radius 3 is 1.94 bits per heavy atom. The smallest absolute Gasteiger partial charge is 0.152 e. The highest BCUT2D eigenvalue weighted by molar-refractivity contribution is 6.32. The third-order valence-corrected chi connectivity index (χ3v) is 9.83. The summed E-state index contributed by atoms with van der Waals surface area (Å²) in [7, 11) is 0. The second-order valence-electron chi connectivity index (χ2n) is 12.0. The van der Waals surface area contributed by atoms with E-state index in [1.807, 2.05) is 13.8 Å². The summed E-state index contributed by atoms with van der Waals surface area (Å²) in [6.07, 6.45) is 6.79. The molecule has 22 heteroatoms. The number of hydrogen-bond donors (Lipinski definition) is 3. The average molecular weight is 639 g/mol. The predicted octanol–water partition coefficient (Wildman–Crippen LogP) is -2.58. The molecule has 0 radical (unpaired) electrons. The Labute approximate surface area is 267 Å². The molecule has 232 valence electrons. The van der Waals surface area contributed by atoms with E-state index in [2.05, 4.69) is 110 Å². The molecular formula is C26H18N22. The minimum Gasteiger partial charge on any atom is -0.364 e. The fourth-order valence-corrected chi connectivity index (χ4v) is 7.69. The molecule has 0 saturated heterocycles. The SMILES string of the molecule is C#CC1CC1Nc1nnc2c(c1C)C1=C(C)NNN=C1C1(C2)c2nnnnc2-c2nnnnc2C12Cc1nnnnc1-c1nnnnc12. The molecule has 1 fully saturated rings. The van der Waals surface area contributed by atoms with Gasteiger partial charge in [-0.1, -0.05) is 0 Å². The number of anilines is 1. The topological polar surface area (TPSA) is 280 Å². The first-order chi connectivity index (χ1) is 23.6. The molecular weight excluding hydrogens is 620 g/mol. The van der Waals surface area contributed by atoms with Crippen LogP contribution in [0.4, 0.5) is 5.82 Å². The Hall–Kier alpha value is -6.79. The summed E-state index contributed by atoms with van der Waals surface area (Å²) in [5, 5.41) is 84.8. The number of terminal acetylenes is 1. The van der Waals surface area contributed by atoms with Crippen LogP contribution in [0.5, 0.6) is 0 Å². The number of nitrogens with one attached hydrogen (secondary N) is 3. The molecule has 4 unspecified atom stereocenters. The van der Waals surface area contributed by atoms with Crippen molar-refractivity contribution in [3.05, 3.63) is 45.3 Å². The number of rotatable bonds is 2. The van der Waals surface area contributed by atoms with Crippen LogP contribution < -0.4 is 16.3 Å². The number of hydrazone groups is 1. The minimum absolute atomic E-state index is 0.0877. The molecule has 1 aliphatic heterocycles. The third-order valence-electron chi connectivity index (χ3n) is 9.83. The van der Waals surface area contributed by atoms with Crippen molar-refractivity contribution in [1.29, 1.82) is 0 Å². The normalized spacial score (nSPS) is 25.1. The first-order valence-electron chi connectivity index (χ1n) is 14.7. The number of aromatic nitrogens is 18. The van der Waals surface area contributed by atoms with Gasteiger partial charge in [0.05, 0.1) is 27.9 Å². The monoisotopic (exact) mass is 638 g/mol. The van der Waals surface area contributed by atoms with E-state index in [4.69, 9.17) is 16.6 Å². The van der Waals surface area contributed by atoms with Gasteiger partial charge in [-0.2, -0.15) is 10.2 Å². The zero-order valence-corrected chi connectivity index (χ0v) is 24.9. The Morgan fingerprint density at radius 1 is 0.688 bits per heavy atom. The van der Waals surface area contributed by atoms with E-state index in [-0.39, 0.29) is 41.9 Å². The Morgan fingerprint density at radius 2 is 1.27 bits per heavy atom. The summed E-state index contributed by atoms with van der Waals surface area (Å²) < 4.78 is 0. The summed E-state index contributed by atoms with van der Waals surface area (Å²) in [4.78, 5) is 0. The summed E-state index contributed by atoms with van der Waals surface area (Å²) in [6.45, 7) is 3.93. The highest BCUT2D eigenvalue weighted by Crippen LogP contribution is 2.63. The average Bonchev–Trinajstić information content (AvgIpc) is 3.90. The van der Waals surface area contributed by atoms with Crippen molar-refractivity contribution in [3.8, 4) is 35.1 Å². The van der Waals surface area contributed by atoms with Gasteiger partial charge in [-0.3, -0.25) is 5.43 Å². The van der Waals surface area contributed by atoms with Gasteiger partial charge in [0.1, 0.15) is 39.9 Å². The van der Waals surface area contributed by atoms with Crippen LogP contribution in [0.25, 0.3) is 28.3 Å². The zero-order valence-electron chi connectivity index (χ0n) is 24.9. The Kier molecular flexibility index (Phi) is 5.04. The van der Waals surface area contributed by atoms with Gasteiger partial charge in [0.2, 0.25) is 0 Å². The molecule has 4 atom stereocenters. The molecule has 0 amide bonds. The van der Waals surface area contributed by atoms with Gasteiger partial charge in [0.15, 0.2) is 5.82 Å². The number of hydrazine groups is 1. The van der Waals surface area contributed by atoms with Gasteiger partial charge < -0.3 is 5.32 Å². The van der Waals surface area contributed by atoms with Crippen molar-refractivity contribution in [3.63, 3.8) is 0 Å². The maximum absolute atomic E-state index is 5.68. The molecule has 3 N–H and O–H groups in total. The molecule has 2 spiro atoms. The van der Waals surface area contributed by atoms with Crippen molar-refractivity contribution < 1.29 is 0 Å². The molecule has 5 aliphatic rings. The van der Waals surface area contributed by atoms with Crippen LogP contribution in [0, 0.1) is 25.2 Å². The fraction of sp³-hybridized carbons (Fsp3) is 0.346. The molecule has 0 aromatic carbocycles. The zero-order chi connectivity index (χ0) is 32.2. The number of nitrogens with zero attached hydrogens (tertiary/aromatic N) is 19. The molecule has 4 aliphatic carbocycles. The summed E-state index contributed by atoms with van der Waals surface area (Å²) in [6, 6.07) is 0.117. The maximum atomic E-state index is 5.68. The minimum atomic E-state index is -1.40. The van der Waals surface area contributed by atoms with E-state index in [0.29, 0.717) is 45.7 Å². The lowest BCUT2D eigenvalue weighted by atomic mass is 9.46. The van der Waals surface area contributed by atoms with Crippen LogP contribution in [0.15, 0.2) is 10.8 Å². The van der Waals surface area contributed by atoms with Gasteiger partial charge in [0.25, 0.3) is 0 Å². The quantitative estimate of drug-likeness (QED) is 0.167. The maximum Gasteiger partial charge on any atom is 0.152 e. The van der Waals surface area contributed by atoms with Gasteiger partial charge in [0, 0.05) is 47.2 Å². The van der Waals surface area contributed by atoms with Crippen molar-refractivity contribution in [1.82, 2.24) is 104 Å². The number of allylic oxidation sites excluding steroid dienone is 2. The highest BCUT2D eigenvalue weighted by Gasteiger charge is 2.70. The summed E-state index contributed by atoms with van der Waals surface area (Å²) in [5.74, 6) is 3.58. The molecule has 48 heavy (non-hydrogen) atoms. The van der Waals surface area contributed by atoms with Crippen LogP contribution in [-0.2, 0) is 23.7 Å². The lowest BCUT2D eigenvalue weighted by molar-refractivity contribution is 0.278. The second kappa shape index (κ2) is 9.15. The summed E-state index contributed by atoms with van der Waals surface area (Å²) in [5.41, 5.74) is 10.4. The van der Waals surface area contributed by atoms with E-state index in [0.717, 1.165) is 28.8 Å². The first kappa shape index (κ1) is 26.4. The molecule has 10 rings (SSSR count). The molecule has 6 heterocycles. The predicted molar refractivity (Wildman–Crippen MR) is 156 cm³/mol. The van der Waals surface area contributed by atoms with E-state index in [1.54, 1.807) is 0 Å². The summed E-state index contributed by atoms with van der Waals surface area (Å²) >= 11 is 0. The third kappa shape index (κ3) is 3.13. The van der Waals surface area contributed by atoms with E-state index < -0.39 is 10.8 Å². The largest absolute Gasteiger partial charge is 0.364 e. The van der Waals surface area contributed by atoms with Gasteiger partial charge in [-0.05, 0) is 62.0 Å². The molecule has 1 saturated carbocycles. The van der Waals surface area contributed by atoms with E-state index in [9.17, 15) is 0 Å². The Bertz CT molecular complexity index is 2310. The molecule has 0 bridgehead atoms. The fourth-order valence-electron chi connectivity index (χ4n) is 7.69. The van der Waals surface area contributed by atoms with Crippen LogP contribution in [0.2, 0.25) is 0 Å². The van der Waals surface area contributed by atoms with Crippen molar-refractivity contribution in [2.45, 2.75) is 50.0 Å². The Balaban J connectivity index is 1.33. The lowest BCUT2D eigenvalue weighted by Gasteiger charge is -2.54. The standard InChI is InChI=1S/C26H18N22/c1-4-10-5-11(10)27-24-8(2)14-12(29-39-24)6-25(20-15(14)9(3)28-40-35-20)22-18(33-44-47-37-22)19-23(38-48-45-34-19)26(25)7-13-16(31-42-41-30-13)17-21(26)36-46-43-32-17/h1,10-11,28,40H,5-7H2,2-3H3,(H,27,39). The second-order valence-corrected chi connectivity index (χ2v) is 12.0. The van der Waals surface area contributed by atoms with Crippen molar-refractivity contribution >= 4 is 17.1 Å². The van der Waals surface area contributed by atoms with Gasteiger partial charge >= 0.3 is 0 Å². The van der Waals surface area contributed by atoms with Crippen LogP contribution in [0.3, 0.4) is 0 Å². The first-order valence-corrected chi connectivity index (χ1v) is 14.7. The van der Waals surface area contributed by atoms with Crippen LogP contribution in [0.1, 0.15) is 52.9 Å². The molecule has 5 aromatic heterocycles. The molecule has 22 nitrogen and oxygen atoms in total. The van der Waals surface area contributed by atoms with E-state index >= 15 is 0 Å². The lowest BCUT2D eigenvalue weighted by Crippen LogP contribution is -2.65. The van der Waals surface area contributed by atoms with Crippen molar-refractivity contribution in [2.24, 2.45) is 11.0 Å². The van der Waals surface area contributed by atoms with Crippen LogP contribution >= 0.6 is 0 Å². The molecule has 5 aromatic rings. The highest BCUT2D eigenvalue weighted by atomic mass is 15.6. The van der Waals surface area contributed by atoms with E-state index in [1.165, 1.54) is 0 Å². The van der Waals surface area contributed by atoms with Crippen LogP contribution in [-0.4, -0.2) is 104 Å².